The van der Waals surface area contributed by atoms with Crippen LogP contribution < -0.4 is 5.32 Å². The van der Waals surface area contributed by atoms with Crippen LogP contribution in [-0.4, -0.2) is 47.6 Å². The van der Waals surface area contributed by atoms with Crippen LogP contribution in [0.2, 0.25) is 0 Å². The summed E-state index contributed by atoms with van der Waals surface area (Å²) in [7, 11) is 0. The summed E-state index contributed by atoms with van der Waals surface area (Å²) in [5.41, 5.74) is -0.868. The molecule has 2 aliphatic heterocycles. The number of carbonyl (C=O) groups is 2. The minimum atomic E-state index is -0.700. The van der Waals surface area contributed by atoms with E-state index in [-0.39, 0.29) is 17.4 Å². The van der Waals surface area contributed by atoms with E-state index in [1.807, 2.05) is 11.8 Å². The highest BCUT2D eigenvalue weighted by atomic mass is 16.5. The van der Waals surface area contributed by atoms with Crippen molar-refractivity contribution in [3.8, 4) is 0 Å². The highest BCUT2D eigenvalue weighted by molar-refractivity contribution is 5.94. The molecule has 2 amide bonds. The summed E-state index contributed by atoms with van der Waals surface area (Å²) in [6.07, 6.45) is 4.19. The molecule has 1 N–H and O–H groups in total. The first-order valence-electron chi connectivity index (χ1n) is 7.66. The van der Waals surface area contributed by atoms with Gasteiger partial charge in [0.25, 0.3) is 0 Å². The summed E-state index contributed by atoms with van der Waals surface area (Å²) in [6.45, 7) is 5.97. The van der Waals surface area contributed by atoms with Crippen LogP contribution in [-0.2, 0) is 14.3 Å². The van der Waals surface area contributed by atoms with Crippen LogP contribution in [0.5, 0.6) is 0 Å². The summed E-state index contributed by atoms with van der Waals surface area (Å²) in [4.78, 5) is 27.0. The third kappa shape index (κ3) is 2.22. The van der Waals surface area contributed by atoms with Crippen molar-refractivity contribution in [2.24, 2.45) is 5.92 Å². The Labute approximate surface area is 120 Å². The van der Waals surface area contributed by atoms with Gasteiger partial charge in [-0.1, -0.05) is 0 Å². The Morgan fingerprint density at radius 3 is 2.45 bits per heavy atom. The van der Waals surface area contributed by atoms with E-state index in [9.17, 15) is 9.59 Å². The zero-order valence-electron chi connectivity index (χ0n) is 12.4. The van der Waals surface area contributed by atoms with Crippen molar-refractivity contribution < 1.29 is 14.3 Å². The maximum absolute atomic E-state index is 13.1. The number of amides is 2. The van der Waals surface area contributed by atoms with Gasteiger partial charge in [0, 0.05) is 31.7 Å². The molecule has 5 heteroatoms. The molecule has 3 aliphatic rings. The second kappa shape index (κ2) is 4.72. The first-order valence-corrected chi connectivity index (χ1v) is 7.66. The largest absolute Gasteiger partial charge is 0.381 e. The van der Waals surface area contributed by atoms with Crippen molar-refractivity contribution in [2.45, 2.75) is 57.0 Å². The number of ether oxygens (including phenoxy) is 1. The van der Waals surface area contributed by atoms with Crippen LogP contribution in [0.1, 0.15) is 46.0 Å². The molecule has 112 valence electrons. The van der Waals surface area contributed by atoms with Crippen molar-refractivity contribution in [1.82, 2.24) is 10.2 Å². The predicted octanol–water partition coefficient (Wildman–Crippen LogP) is 1.07. The molecule has 5 nitrogen and oxygen atoms in total. The van der Waals surface area contributed by atoms with Gasteiger partial charge in [-0.3, -0.25) is 9.59 Å². The average molecular weight is 280 g/mol. The third-order valence-corrected chi connectivity index (χ3v) is 5.27. The first-order chi connectivity index (χ1) is 9.46. The first kappa shape index (κ1) is 13.9. The molecule has 0 bridgehead atoms. The molecule has 0 aromatic rings. The molecular weight excluding hydrogens is 256 g/mol. The second-order valence-electron chi connectivity index (χ2n) is 6.84. The van der Waals surface area contributed by atoms with E-state index in [4.69, 9.17) is 4.74 Å². The van der Waals surface area contributed by atoms with E-state index in [2.05, 4.69) is 12.2 Å². The molecule has 0 radical (unpaired) electrons. The van der Waals surface area contributed by atoms with Gasteiger partial charge in [-0.2, -0.15) is 0 Å². The Balaban J connectivity index is 1.89. The van der Waals surface area contributed by atoms with Crippen LogP contribution in [0.25, 0.3) is 0 Å². The molecule has 20 heavy (non-hydrogen) atoms. The zero-order chi connectivity index (χ0) is 14.4. The number of rotatable bonds is 2. The van der Waals surface area contributed by atoms with Gasteiger partial charge in [-0.15, -0.1) is 0 Å². The Hall–Kier alpha value is -1.10. The standard InChI is InChI=1S/C15H24N2O3/c1-14(6-9-20-10-7-14)17-8-5-12(18)16-15(2,13(17)19)11-3-4-11/h11H,3-10H2,1-2H3,(H,16,18). The van der Waals surface area contributed by atoms with Gasteiger partial charge in [0.15, 0.2) is 0 Å². The summed E-state index contributed by atoms with van der Waals surface area (Å²) >= 11 is 0. The number of nitrogens with one attached hydrogen (secondary N) is 1. The van der Waals surface area contributed by atoms with Crippen molar-refractivity contribution in [1.29, 1.82) is 0 Å². The summed E-state index contributed by atoms with van der Waals surface area (Å²) in [5, 5.41) is 2.99. The lowest BCUT2D eigenvalue weighted by Crippen LogP contribution is -2.62. The monoisotopic (exact) mass is 280 g/mol. The summed E-state index contributed by atoms with van der Waals surface area (Å²) < 4.78 is 5.43. The highest BCUT2D eigenvalue weighted by Gasteiger charge is 2.53. The van der Waals surface area contributed by atoms with E-state index in [0.29, 0.717) is 32.1 Å². The number of hydrogen-bond acceptors (Lipinski definition) is 3. The molecule has 1 aliphatic carbocycles. The summed E-state index contributed by atoms with van der Waals surface area (Å²) in [5.74, 6) is 0.421. The van der Waals surface area contributed by atoms with Crippen LogP contribution in [0.15, 0.2) is 0 Å². The number of hydrogen-bond donors (Lipinski definition) is 1. The fourth-order valence-electron chi connectivity index (χ4n) is 3.53. The average Bonchev–Trinajstić information content (AvgIpc) is 3.23. The summed E-state index contributed by atoms with van der Waals surface area (Å²) in [6, 6.07) is 0. The van der Waals surface area contributed by atoms with Crippen molar-refractivity contribution in [3.05, 3.63) is 0 Å². The Kier molecular flexibility index (Phi) is 3.27. The van der Waals surface area contributed by atoms with Crippen molar-refractivity contribution >= 4 is 11.8 Å². The van der Waals surface area contributed by atoms with Gasteiger partial charge in [0.2, 0.25) is 11.8 Å². The van der Waals surface area contributed by atoms with E-state index in [1.54, 1.807) is 0 Å². The molecule has 3 rings (SSSR count). The zero-order valence-corrected chi connectivity index (χ0v) is 12.4. The number of carbonyl (C=O) groups excluding carboxylic acids is 2. The molecule has 2 heterocycles. The van der Waals surface area contributed by atoms with Gasteiger partial charge in [0.1, 0.15) is 5.54 Å². The molecular formula is C15H24N2O3. The maximum Gasteiger partial charge on any atom is 0.248 e. The van der Waals surface area contributed by atoms with Crippen molar-refractivity contribution in [2.75, 3.05) is 19.8 Å². The molecule has 1 atom stereocenters. The Bertz CT molecular complexity index is 427. The smallest absolute Gasteiger partial charge is 0.248 e. The third-order valence-electron chi connectivity index (χ3n) is 5.27. The molecule has 1 unspecified atom stereocenters. The minimum absolute atomic E-state index is 0.00547. The van der Waals surface area contributed by atoms with Crippen LogP contribution in [0.3, 0.4) is 0 Å². The molecule has 0 aromatic carbocycles. The highest BCUT2D eigenvalue weighted by Crippen LogP contribution is 2.43. The molecule has 0 aromatic heterocycles. The van der Waals surface area contributed by atoms with Gasteiger partial charge in [0.05, 0.1) is 0 Å². The minimum Gasteiger partial charge on any atom is -0.381 e. The predicted molar refractivity (Wildman–Crippen MR) is 74.1 cm³/mol. The van der Waals surface area contributed by atoms with Crippen molar-refractivity contribution in [3.63, 3.8) is 0 Å². The topological polar surface area (TPSA) is 58.6 Å². The maximum atomic E-state index is 13.1. The van der Waals surface area contributed by atoms with E-state index < -0.39 is 5.54 Å². The Morgan fingerprint density at radius 2 is 1.85 bits per heavy atom. The SMILES string of the molecule is CC1(C2CC2)NC(=O)CCN(C2(C)CCOCC2)C1=O. The second-order valence-corrected chi connectivity index (χ2v) is 6.84. The quantitative estimate of drug-likeness (QED) is 0.823. The Morgan fingerprint density at radius 1 is 1.20 bits per heavy atom. The van der Waals surface area contributed by atoms with E-state index in [0.717, 1.165) is 25.7 Å². The molecule has 0 spiro atoms. The lowest BCUT2D eigenvalue weighted by Gasteiger charge is -2.46. The van der Waals surface area contributed by atoms with Gasteiger partial charge in [-0.05, 0) is 45.4 Å². The normalized spacial score (nSPS) is 34.6. The molecule has 3 fully saturated rings. The van der Waals surface area contributed by atoms with Gasteiger partial charge in [-0.25, -0.2) is 0 Å². The van der Waals surface area contributed by atoms with E-state index in [1.165, 1.54) is 0 Å². The lowest BCUT2D eigenvalue weighted by atomic mass is 9.86. The van der Waals surface area contributed by atoms with E-state index >= 15 is 0 Å². The fraction of sp³-hybridized carbons (Fsp3) is 0.867. The van der Waals surface area contributed by atoms with Crippen LogP contribution in [0, 0.1) is 5.92 Å². The fourth-order valence-corrected chi connectivity index (χ4v) is 3.53. The molecule has 1 saturated carbocycles. The van der Waals surface area contributed by atoms with Crippen LogP contribution >= 0.6 is 0 Å². The van der Waals surface area contributed by atoms with Gasteiger partial charge < -0.3 is 15.0 Å². The van der Waals surface area contributed by atoms with Gasteiger partial charge >= 0.3 is 0 Å². The molecule has 2 saturated heterocycles. The number of nitrogens with zero attached hydrogens (tertiary/aromatic N) is 1. The lowest BCUT2D eigenvalue weighted by molar-refractivity contribution is -0.147. The van der Waals surface area contributed by atoms with Crippen LogP contribution in [0.4, 0.5) is 0 Å².